The number of nitrogens with zero attached hydrogens (tertiary/aromatic N) is 1. The molecular weight excluding hydrogens is 471 g/mol. The van der Waals surface area contributed by atoms with Gasteiger partial charge in [0.2, 0.25) is 10.0 Å². The van der Waals surface area contributed by atoms with Crippen LogP contribution in [0.3, 0.4) is 0 Å². The van der Waals surface area contributed by atoms with E-state index < -0.39 is 27.7 Å². The highest BCUT2D eigenvalue weighted by atomic mass is 35.5. The lowest BCUT2D eigenvalue weighted by atomic mass is 10.1. The molecule has 33 heavy (non-hydrogen) atoms. The minimum atomic E-state index is -3.65. The van der Waals surface area contributed by atoms with Gasteiger partial charge in [-0.15, -0.1) is 0 Å². The van der Waals surface area contributed by atoms with Gasteiger partial charge in [-0.2, -0.15) is 0 Å². The SMILES string of the molecule is COC(=O)c1ccc(Cl)c(NC(=O)c2ccc(N(Cc3ccc(F)cc3)S(C)(=O)=O)cc2)c1. The predicted octanol–water partition coefficient (Wildman–Crippen LogP) is 4.48. The number of rotatable bonds is 7. The van der Waals surface area contributed by atoms with E-state index in [0.717, 1.165) is 10.6 Å². The number of ether oxygens (including phenoxy) is 1. The quantitative estimate of drug-likeness (QED) is 0.493. The van der Waals surface area contributed by atoms with Crippen LogP contribution in [0.5, 0.6) is 0 Å². The van der Waals surface area contributed by atoms with Crippen LogP contribution >= 0.6 is 11.6 Å². The summed E-state index contributed by atoms with van der Waals surface area (Å²) in [7, 11) is -2.41. The second-order valence-electron chi connectivity index (χ2n) is 7.08. The molecule has 0 aliphatic carbocycles. The van der Waals surface area contributed by atoms with Crippen LogP contribution in [0.15, 0.2) is 66.7 Å². The average molecular weight is 491 g/mol. The second-order valence-corrected chi connectivity index (χ2v) is 9.40. The predicted molar refractivity (Wildman–Crippen MR) is 125 cm³/mol. The molecule has 0 aliphatic rings. The van der Waals surface area contributed by atoms with E-state index in [1.807, 2.05) is 0 Å². The van der Waals surface area contributed by atoms with Gasteiger partial charge in [0.15, 0.2) is 0 Å². The van der Waals surface area contributed by atoms with E-state index in [-0.39, 0.29) is 28.4 Å². The smallest absolute Gasteiger partial charge is 0.337 e. The average Bonchev–Trinajstić information content (AvgIpc) is 2.79. The van der Waals surface area contributed by atoms with E-state index in [1.54, 1.807) is 0 Å². The molecule has 0 fully saturated rings. The van der Waals surface area contributed by atoms with Gasteiger partial charge in [0.05, 0.1) is 41.9 Å². The zero-order valence-electron chi connectivity index (χ0n) is 17.7. The van der Waals surface area contributed by atoms with Crippen molar-refractivity contribution in [2.24, 2.45) is 0 Å². The molecule has 0 aliphatic heterocycles. The number of esters is 1. The van der Waals surface area contributed by atoms with E-state index >= 15 is 0 Å². The summed E-state index contributed by atoms with van der Waals surface area (Å²) in [5.41, 5.74) is 1.63. The molecule has 3 aromatic rings. The first-order valence-corrected chi connectivity index (χ1v) is 11.8. The van der Waals surface area contributed by atoms with E-state index in [1.165, 1.54) is 73.8 Å². The van der Waals surface area contributed by atoms with Crippen LogP contribution in [0.2, 0.25) is 5.02 Å². The van der Waals surface area contributed by atoms with Gasteiger partial charge in [-0.25, -0.2) is 17.6 Å². The van der Waals surface area contributed by atoms with Crippen LogP contribution in [0.25, 0.3) is 0 Å². The van der Waals surface area contributed by atoms with Gasteiger partial charge in [0, 0.05) is 5.56 Å². The molecule has 0 radical (unpaired) electrons. The van der Waals surface area contributed by atoms with Gasteiger partial charge >= 0.3 is 5.97 Å². The Kier molecular flexibility index (Phi) is 7.35. The fourth-order valence-corrected chi connectivity index (χ4v) is 4.05. The third-order valence-corrected chi connectivity index (χ3v) is 6.16. The summed E-state index contributed by atoms with van der Waals surface area (Å²) in [6.45, 7) is 0.000580. The van der Waals surface area contributed by atoms with Crippen molar-refractivity contribution in [2.45, 2.75) is 6.54 Å². The van der Waals surface area contributed by atoms with Crippen molar-refractivity contribution in [2.75, 3.05) is 23.0 Å². The summed E-state index contributed by atoms with van der Waals surface area (Å²) in [5.74, 6) is -1.50. The van der Waals surface area contributed by atoms with Crippen LogP contribution in [-0.4, -0.2) is 33.7 Å². The number of carbonyl (C=O) groups excluding carboxylic acids is 2. The molecule has 172 valence electrons. The van der Waals surface area contributed by atoms with Crippen molar-refractivity contribution in [3.63, 3.8) is 0 Å². The van der Waals surface area contributed by atoms with Gasteiger partial charge < -0.3 is 10.1 Å². The highest BCUT2D eigenvalue weighted by molar-refractivity contribution is 7.92. The molecule has 10 heteroatoms. The minimum absolute atomic E-state index is 0.000580. The van der Waals surface area contributed by atoms with Crippen LogP contribution in [-0.2, 0) is 21.3 Å². The summed E-state index contributed by atoms with van der Waals surface area (Å²) in [5, 5.41) is 2.86. The zero-order chi connectivity index (χ0) is 24.2. The maximum absolute atomic E-state index is 13.2. The van der Waals surface area contributed by atoms with Crippen LogP contribution in [0.4, 0.5) is 15.8 Å². The molecule has 1 N–H and O–H groups in total. The molecule has 0 heterocycles. The van der Waals surface area contributed by atoms with Crippen molar-refractivity contribution in [3.8, 4) is 0 Å². The maximum Gasteiger partial charge on any atom is 0.337 e. The first kappa shape index (κ1) is 24.2. The Bertz CT molecular complexity index is 1280. The highest BCUT2D eigenvalue weighted by Gasteiger charge is 2.19. The minimum Gasteiger partial charge on any atom is -0.465 e. The number of benzene rings is 3. The van der Waals surface area contributed by atoms with Gasteiger partial charge in [-0.3, -0.25) is 9.10 Å². The third-order valence-electron chi connectivity index (χ3n) is 4.69. The Morgan fingerprint density at radius 1 is 1.00 bits per heavy atom. The first-order chi connectivity index (χ1) is 15.6. The third kappa shape index (κ3) is 6.09. The number of amides is 1. The Hall–Kier alpha value is -3.43. The summed E-state index contributed by atoms with van der Waals surface area (Å²) in [6, 6.07) is 15.8. The van der Waals surface area contributed by atoms with E-state index in [2.05, 4.69) is 10.1 Å². The molecule has 0 atom stereocenters. The van der Waals surface area contributed by atoms with Crippen molar-refractivity contribution in [1.82, 2.24) is 0 Å². The fraction of sp³-hybridized carbons (Fsp3) is 0.130. The molecule has 3 aromatic carbocycles. The molecule has 3 rings (SSSR count). The number of methoxy groups -OCH3 is 1. The van der Waals surface area contributed by atoms with Crippen molar-refractivity contribution in [3.05, 3.63) is 94.3 Å². The number of carbonyl (C=O) groups is 2. The molecule has 0 saturated heterocycles. The normalized spacial score (nSPS) is 11.0. The number of hydrogen-bond donors (Lipinski definition) is 1. The lowest BCUT2D eigenvalue weighted by Gasteiger charge is -2.22. The summed E-state index contributed by atoms with van der Waals surface area (Å²) in [4.78, 5) is 24.4. The van der Waals surface area contributed by atoms with Crippen LogP contribution < -0.4 is 9.62 Å². The van der Waals surface area contributed by atoms with Crippen molar-refractivity contribution < 1.29 is 27.1 Å². The van der Waals surface area contributed by atoms with E-state index in [4.69, 9.17) is 11.6 Å². The Morgan fingerprint density at radius 2 is 1.61 bits per heavy atom. The molecular formula is C23H20ClFN2O5S. The number of halogens is 2. The van der Waals surface area contributed by atoms with Gasteiger partial charge in [-0.1, -0.05) is 23.7 Å². The van der Waals surface area contributed by atoms with E-state index in [0.29, 0.717) is 11.3 Å². The Morgan fingerprint density at radius 3 is 2.18 bits per heavy atom. The summed E-state index contributed by atoms with van der Waals surface area (Å²) < 4.78 is 43.6. The van der Waals surface area contributed by atoms with Crippen LogP contribution in [0.1, 0.15) is 26.3 Å². The molecule has 0 spiro atoms. The number of anilines is 2. The topological polar surface area (TPSA) is 92.8 Å². The Balaban J connectivity index is 1.81. The Labute approximate surface area is 195 Å². The first-order valence-electron chi connectivity index (χ1n) is 9.60. The highest BCUT2D eigenvalue weighted by Crippen LogP contribution is 2.25. The molecule has 7 nitrogen and oxygen atoms in total. The monoisotopic (exact) mass is 490 g/mol. The van der Waals surface area contributed by atoms with Gasteiger partial charge in [0.25, 0.3) is 5.91 Å². The number of hydrogen-bond acceptors (Lipinski definition) is 5. The number of sulfonamides is 1. The molecule has 1 amide bonds. The fourth-order valence-electron chi connectivity index (χ4n) is 3.00. The molecule has 0 aromatic heterocycles. The molecule has 0 bridgehead atoms. The summed E-state index contributed by atoms with van der Waals surface area (Å²) >= 11 is 6.12. The lowest BCUT2D eigenvalue weighted by Crippen LogP contribution is -2.29. The van der Waals surface area contributed by atoms with Gasteiger partial charge in [0.1, 0.15) is 5.82 Å². The van der Waals surface area contributed by atoms with Crippen LogP contribution in [0, 0.1) is 5.82 Å². The van der Waals surface area contributed by atoms with Crippen molar-refractivity contribution in [1.29, 1.82) is 0 Å². The van der Waals surface area contributed by atoms with Crippen molar-refractivity contribution >= 4 is 44.9 Å². The molecule has 0 unspecified atom stereocenters. The largest absolute Gasteiger partial charge is 0.465 e. The second kappa shape index (κ2) is 10.0. The standard InChI is InChI=1S/C23H20ClFN2O5S/c1-32-23(29)17-7-12-20(24)21(13-17)26-22(28)16-5-10-19(11-6-16)27(33(2,30)31)14-15-3-8-18(25)9-4-15/h3-13H,14H2,1-2H3,(H,26,28). The lowest BCUT2D eigenvalue weighted by molar-refractivity contribution is 0.0600. The summed E-state index contributed by atoms with van der Waals surface area (Å²) in [6.07, 6.45) is 1.06. The van der Waals surface area contributed by atoms with E-state index in [9.17, 15) is 22.4 Å². The zero-order valence-corrected chi connectivity index (χ0v) is 19.3. The number of nitrogens with one attached hydrogen (secondary N) is 1. The van der Waals surface area contributed by atoms with Gasteiger partial charge in [-0.05, 0) is 60.2 Å². The maximum atomic E-state index is 13.2. The molecule has 0 saturated carbocycles.